The number of unbranched alkanes of at least 4 members (excludes halogenated alkanes) is 19. The maximum absolute atomic E-state index is 13.1. The van der Waals surface area contributed by atoms with Crippen molar-refractivity contribution in [1.29, 1.82) is 0 Å². The molecule has 0 saturated carbocycles. The highest BCUT2D eigenvalue weighted by Gasteiger charge is 2.21. The molecule has 6 heteroatoms. The van der Waals surface area contributed by atoms with Crippen LogP contribution in [-0.2, 0) is 19.1 Å². The van der Waals surface area contributed by atoms with Gasteiger partial charge in [0.2, 0.25) is 0 Å². The predicted octanol–water partition coefficient (Wildman–Crippen LogP) is 11.4. The van der Waals surface area contributed by atoms with Gasteiger partial charge in [-0.25, -0.2) is 0 Å². The van der Waals surface area contributed by atoms with Crippen molar-refractivity contribution in [3.63, 3.8) is 0 Å². The smallest absolute Gasteiger partial charge is 0.309 e. The lowest BCUT2D eigenvalue weighted by atomic mass is 9.94. The Morgan fingerprint density at radius 3 is 1.53 bits per heavy atom. The molecule has 0 aliphatic rings. The summed E-state index contributed by atoms with van der Waals surface area (Å²) in [4.78, 5) is 27.3. The number of esters is 2. The van der Waals surface area contributed by atoms with E-state index < -0.39 is 0 Å². The van der Waals surface area contributed by atoms with Gasteiger partial charge in [0.1, 0.15) is 0 Å². The highest BCUT2D eigenvalue weighted by atomic mass is 16.5. The van der Waals surface area contributed by atoms with Gasteiger partial charge in [0.05, 0.1) is 25.2 Å². The average molecular weight is 668 g/mol. The van der Waals surface area contributed by atoms with E-state index in [0.29, 0.717) is 13.0 Å². The van der Waals surface area contributed by atoms with Gasteiger partial charge in [-0.2, -0.15) is 0 Å². The van der Waals surface area contributed by atoms with E-state index in [4.69, 9.17) is 9.47 Å². The summed E-state index contributed by atoms with van der Waals surface area (Å²) in [5, 5.41) is 9.52. The van der Waals surface area contributed by atoms with Crippen LogP contribution >= 0.6 is 0 Å². The molecule has 0 amide bonds. The number of hydrogen-bond donors (Lipinski definition) is 1. The summed E-state index contributed by atoms with van der Waals surface area (Å²) in [6, 6.07) is 0. The summed E-state index contributed by atoms with van der Waals surface area (Å²) in [7, 11) is 0. The molecule has 0 rings (SSSR count). The van der Waals surface area contributed by atoms with Gasteiger partial charge >= 0.3 is 11.9 Å². The standard InChI is InChI=1S/C41H81NO5/c1-5-8-11-14-17-24-31-39(30-23-16-12-9-6-2)41(45)47-38(4)29-22-19-21-27-34-42(35-36-43)33-26-20-15-18-25-32-40(44)46-37-28-13-10-7-3/h38-39,43H,5-37H2,1-4H3. The van der Waals surface area contributed by atoms with Crippen molar-refractivity contribution in [1.82, 2.24) is 4.90 Å². The first kappa shape index (κ1) is 45.9. The summed E-state index contributed by atoms with van der Waals surface area (Å²) in [5.41, 5.74) is 0. The van der Waals surface area contributed by atoms with Crippen molar-refractivity contribution >= 4 is 11.9 Å². The van der Waals surface area contributed by atoms with Gasteiger partial charge in [0.25, 0.3) is 0 Å². The first-order chi connectivity index (χ1) is 23.0. The fourth-order valence-corrected chi connectivity index (χ4v) is 6.42. The number of carbonyl (C=O) groups excluding carboxylic acids is 2. The second-order valence-corrected chi connectivity index (χ2v) is 14.3. The Balaban J connectivity index is 4.08. The number of carbonyl (C=O) groups is 2. The largest absolute Gasteiger partial charge is 0.466 e. The van der Waals surface area contributed by atoms with E-state index in [-0.39, 0.29) is 30.6 Å². The molecular weight excluding hydrogens is 586 g/mol. The minimum atomic E-state index is -0.0398. The fourth-order valence-electron chi connectivity index (χ4n) is 6.42. The molecule has 47 heavy (non-hydrogen) atoms. The van der Waals surface area contributed by atoms with Gasteiger partial charge in [-0.05, 0) is 71.4 Å². The number of aliphatic hydroxyl groups is 1. The molecule has 0 aliphatic carbocycles. The molecule has 0 radical (unpaired) electrons. The van der Waals surface area contributed by atoms with Crippen molar-refractivity contribution in [2.45, 2.75) is 214 Å². The summed E-state index contributed by atoms with van der Waals surface area (Å²) in [6.45, 7) is 12.4. The maximum Gasteiger partial charge on any atom is 0.309 e. The van der Waals surface area contributed by atoms with Gasteiger partial charge < -0.3 is 19.5 Å². The zero-order valence-electron chi connectivity index (χ0n) is 32.0. The van der Waals surface area contributed by atoms with E-state index in [9.17, 15) is 14.7 Å². The third-order valence-electron chi connectivity index (χ3n) is 9.58. The third-order valence-corrected chi connectivity index (χ3v) is 9.58. The van der Waals surface area contributed by atoms with Gasteiger partial charge in [0.15, 0.2) is 0 Å². The molecule has 0 aliphatic heterocycles. The predicted molar refractivity (Wildman–Crippen MR) is 200 cm³/mol. The number of ether oxygens (including phenoxy) is 2. The molecule has 0 fully saturated rings. The zero-order chi connectivity index (χ0) is 34.6. The average Bonchev–Trinajstić information content (AvgIpc) is 3.06. The number of aliphatic hydroxyl groups excluding tert-OH is 1. The molecule has 0 saturated heterocycles. The molecule has 2 unspecified atom stereocenters. The van der Waals surface area contributed by atoms with E-state index in [1.807, 2.05) is 0 Å². The van der Waals surface area contributed by atoms with Crippen molar-refractivity contribution in [3.05, 3.63) is 0 Å². The Morgan fingerprint density at radius 2 is 1.00 bits per heavy atom. The minimum Gasteiger partial charge on any atom is -0.466 e. The Labute approximate surface area is 292 Å². The van der Waals surface area contributed by atoms with E-state index in [1.165, 1.54) is 83.5 Å². The Hall–Kier alpha value is -1.14. The Morgan fingerprint density at radius 1 is 0.553 bits per heavy atom. The molecule has 0 aromatic carbocycles. The van der Waals surface area contributed by atoms with E-state index in [2.05, 4.69) is 32.6 Å². The van der Waals surface area contributed by atoms with Gasteiger partial charge in [0, 0.05) is 13.0 Å². The van der Waals surface area contributed by atoms with Crippen LogP contribution < -0.4 is 0 Å². The number of hydrogen-bond acceptors (Lipinski definition) is 6. The van der Waals surface area contributed by atoms with Crippen LogP contribution in [-0.4, -0.2) is 60.9 Å². The first-order valence-electron chi connectivity index (χ1n) is 20.7. The van der Waals surface area contributed by atoms with Crippen LogP contribution in [0, 0.1) is 5.92 Å². The van der Waals surface area contributed by atoms with E-state index in [1.54, 1.807) is 0 Å². The lowest BCUT2D eigenvalue weighted by molar-refractivity contribution is -0.154. The Bertz CT molecular complexity index is 672. The Kier molecular flexibility index (Phi) is 35.3. The second kappa shape index (κ2) is 36.1. The summed E-state index contributed by atoms with van der Waals surface area (Å²) in [6.07, 6.45) is 31.9. The molecule has 0 heterocycles. The zero-order valence-corrected chi connectivity index (χ0v) is 32.0. The molecule has 0 aromatic rings. The van der Waals surface area contributed by atoms with Crippen LogP contribution in [0.2, 0.25) is 0 Å². The SMILES string of the molecule is CCCCCCCCC(CCCCCCC)C(=O)OC(C)CCCCCCN(CCO)CCCCCCCC(=O)OCCCCCC. The van der Waals surface area contributed by atoms with Crippen LogP contribution in [0.25, 0.3) is 0 Å². The molecule has 6 nitrogen and oxygen atoms in total. The van der Waals surface area contributed by atoms with Gasteiger partial charge in [-0.1, -0.05) is 143 Å². The fraction of sp³-hybridized carbons (Fsp3) is 0.951. The topological polar surface area (TPSA) is 76.1 Å². The molecule has 0 spiro atoms. The number of nitrogens with zero attached hydrogens (tertiary/aromatic N) is 1. The molecule has 2 atom stereocenters. The van der Waals surface area contributed by atoms with Crippen molar-refractivity contribution < 1.29 is 24.2 Å². The molecule has 280 valence electrons. The number of rotatable bonds is 37. The molecular formula is C41H81NO5. The lowest BCUT2D eigenvalue weighted by Crippen LogP contribution is -2.29. The van der Waals surface area contributed by atoms with Crippen LogP contribution in [0.4, 0.5) is 0 Å². The van der Waals surface area contributed by atoms with Crippen LogP contribution in [0.3, 0.4) is 0 Å². The van der Waals surface area contributed by atoms with Crippen LogP contribution in [0.1, 0.15) is 207 Å². The summed E-state index contributed by atoms with van der Waals surface area (Å²) < 4.78 is 11.3. The third kappa shape index (κ3) is 31.9. The molecule has 0 bridgehead atoms. The van der Waals surface area contributed by atoms with Gasteiger partial charge in [-0.15, -0.1) is 0 Å². The second-order valence-electron chi connectivity index (χ2n) is 14.3. The normalized spacial score (nSPS) is 12.8. The van der Waals surface area contributed by atoms with Crippen molar-refractivity contribution in [2.24, 2.45) is 5.92 Å². The van der Waals surface area contributed by atoms with Crippen LogP contribution in [0.15, 0.2) is 0 Å². The lowest BCUT2D eigenvalue weighted by Gasteiger charge is -2.21. The highest BCUT2D eigenvalue weighted by molar-refractivity contribution is 5.72. The van der Waals surface area contributed by atoms with Crippen LogP contribution in [0.5, 0.6) is 0 Å². The maximum atomic E-state index is 13.1. The van der Waals surface area contributed by atoms with E-state index in [0.717, 1.165) is 110 Å². The summed E-state index contributed by atoms with van der Waals surface area (Å²) >= 11 is 0. The molecule has 0 aromatic heterocycles. The first-order valence-corrected chi connectivity index (χ1v) is 20.7. The summed E-state index contributed by atoms with van der Waals surface area (Å²) in [5.74, 6) is 0.0929. The van der Waals surface area contributed by atoms with E-state index >= 15 is 0 Å². The van der Waals surface area contributed by atoms with Gasteiger partial charge in [-0.3, -0.25) is 9.59 Å². The monoisotopic (exact) mass is 668 g/mol. The van der Waals surface area contributed by atoms with Crippen molar-refractivity contribution in [3.8, 4) is 0 Å². The quantitative estimate of drug-likeness (QED) is 0.0525. The molecule has 1 N–H and O–H groups in total. The van der Waals surface area contributed by atoms with Crippen molar-refractivity contribution in [2.75, 3.05) is 32.8 Å². The minimum absolute atomic E-state index is 0.00160. The highest BCUT2D eigenvalue weighted by Crippen LogP contribution is 2.22.